The number of hydrogen-bond acceptors (Lipinski definition) is 3. The van der Waals surface area contributed by atoms with Gasteiger partial charge in [0.15, 0.2) is 5.78 Å². The van der Waals surface area contributed by atoms with Crippen molar-refractivity contribution in [3.63, 3.8) is 0 Å². The van der Waals surface area contributed by atoms with Crippen molar-refractivity contribution in [1.82, 2.24) is 0 Å². The lowest BCUT2D eigenvalue weighted by molar-refractivity contribution is 0.0964. The van der Waals surface area contributed by atoms with Gasteiger partial charge in [-0.3, -0.25) is 4.79 Å². The van der Waals surface area contributed by atoms with Gasteiger partial charge in [0.25, 0.3) is 0 Å². The number of Topliss-reactive ketones (excluding diaryl/α,β-unsaturated/α-hetero) is 1. The van der Waals surface area contributed by atoms with Crippen LogP contribution in [0.1, 0.15) is 29.5 Å². The molecule has 2 rings (SSSR count). The average Bonchev–Trinajstić information content (AvgIpc) is 3.11. The van der Waals surface area contributed by atoms with Gasteiger partial charge >= 0.3 is 0 Å². The summed E-state index contributed by atoms with van der Waals surface area (Å²) in [6.07, 6.45) is 5.63. The largest absolute Gasteiger partial charge is 0.468 e. The Morgan fingerprint density at radius 1 is 1.12 bits per heavy atom. The van der Waals surface area contributed by atoms with Gasteiger partial charge in [0.1, 0.15) is 12.9 Å². The summed E-state index contributed by atoms with van der Waals surface area (Å²) < 4.78 is 19.3. The molecule has 126 valence electrons. The fourth-order valence-corrected chi connectivity index (χ4v) is 5.70. The molecule has 4 heteroatoms. The van der Waals surface area contributed by atoms with Gasteiger partial charge in [-0.1, -0.05) is 42.5 Å². The maximum Gasteiger partial charge on any atom is 0.164 e. The Morgan fingerprint density at radius 2 is 1.75 bits per heavy atom. The number of carbonyl (C=O) groups excluding carboxylic acids is 1. The number of benzene rings is 1. The zero-order valence-electron chi connectivity index (χ0n) is 14.0. The van der Waals surface area contributed by atoms with E-state index >= 15 is 0 Å². The number of furan rings is 1. The molecule has 0 saturated carbocycles. The summed E-state index contributed by atoms with van der Waals surface area (Å²) in [6, 6.07) is 12.6. The van der Waals surface area contributed by atoms with E-state index in [4.69, 9.17) is 4.42 Å². The van der Waals surface area contributed by atoms with Crippen molar-refractivity contribution in [2.45, 2.75) is 18.5 Å². The van der Waals surface area contributed by atoms with E-state index in [1.165, 1.54) is 0 Å². The summed E-state index contributed by atoms with van der Waals surface area (Å²) in [5.74, 6) is 0.515. The molecule has 0 unspecified atom stereocenters. The second-order valence-corrected chi connectivity index (χ2v) is 9.54. The Morgan fingerprint density at radius 3 is 2.25 bits per heavy atom. The van der Waals surface area contributed by atoms with Gasteiger partial charge in [0.05, 0.1) is 11.4 Å². The minimum Gasteiger partial charge on any atom is -0.468 e. The third-order valence-electron chi connectivity index (χ3n) is 4.40. The molecule has 1 heterocycles. The Labute approximate surface area is 143 Å². The van der Waals surface area contributed by atoms with Crippen LogP contribution in [-0.2, 0) is 9.72 Å². The Kier molecular flexibility index (Phi) is 5.80. The van der Waals surface area contributed by atoms with E-state index in [9.17, 15) is 9.36 Å². The Bertz CT molecular complexity index is 732. The molecule has 0 fully saturated rings. The summed E-state index contributed by atoms with van der Waals surface area (Å²) >= 11 is 0. The minimum atomic E-state index is -2.86. The average molecular weight is 342 g/mol. The van der Waals surface area contributed by atoms with E-state index in [2.05, 4.69) is 13.2 Å². The molecular formula is C20H23O3P. The van der Waals surface area contributed by atoms with Gasteiger partial charge in [-0.15, -0.1) is 13.2 Å². The highest BCUT2D eigenvalue weighted by Gasteiger charge is 2.47. The molecule has 0 aliphatic carbocycles. The molecule has 1 atom stereocenters. The van der Waals surface area contributed by atoms with Crippen molar-refractivity contribution in [1.29, 1.82) is 0 Å². The number of allylic oxidation sites excluding steroid dienone is 2. The molecule has 2 aromatic rings. The zero-order valence-corrected chi connectivity index (χ0v) is 14.9. The lowest BCUT2D eigenvalue weighted by Crippen LogP contribution is -2.28. The highest BCUT2D eigenvalue weighted by atomic mass is 31.2. The van der Waals surface area contributed by atoms with Crippen LogP contribution < -0.4 is 0 Å². The molecule has 0 radical (unpaired) electrons. The summed E-state index contributed by atoms with van der Waals surface area (Å²) in [5, 5.41) is -0.897. The van der Waals surface area contributed by atoms with Crippen LogP contribution in [0.5, 0.6) is 0 Å². The number of rotatable bonds is 9. The van der Waals surface area contributed by atoms with Crippen LogP contribution in [0, 0.1) is 0 Å². The predicted octanol–water partition coefficient (Wildman–Crippen LogP) is 5.50. The normalized spacial score (nSPS) is 13.9. The van der Waals surface area contributed by atoms with E-state index in [1.54, 1.807) is 42.7 Å². The lowest BCUT2D eigenvalue weighted by atomic mass is 9.97. The van der Waals surface area contributed by atoms with Gasteiger partial charge in [0.2, 0.25) is 0 Å². The van der Waals surface area contributed by atoms with Crippen LogP contribution in [0.25, 0.3) is 0 Å². The quantitative estimate of drug-likeness (QED) is 0.343. The van der Waals surface area contributed by atoms with Crippen LogP contribution in [0.2, 0.25) is 0 Å². The monoisotopic (exact) mass is 342 g/mol. The van der Waals surface area contributed by atoms with Crippen LogP contribution in [0.4, 0.5) is 0 Å². The number of hydrogen-bond donors (Lipinski definition) is 0. The van der Waals surface area contributed by atoms with Gasteiger partial charge < -0.3 is 8.98 Å². The standard InChI is InChI=1S/C20H23O3P/c1-4-14-24(22,15-5-2)20(3,19-12-9-13-23-19)16-18(21)17-10-7-6-8-11-17/h4-13H,1-2,14-16H2,3H3/t20-/m1/s1. The van der Waals surface area contributed by atoms with E-state index in [-0.39, 0.29) is 12.2 Å². The van der Waals surface area contributed by atoms with Gasteiger partial charge in [-0.2, -0.15) is 0 Å². The molecular weight excluding hydrogens is 319 g/mol. The van der Waals surface area contributed by atoms with E-state index in [1.807, 2.05) is 25.1 Å². The molecule has 0 bridgehead atoms. The van der Waals surface area contributed by atoms with Crippen LogP contribution >= 0.6 is 7.14 Å². The summed E-state index contributed by atoms with van der Waals surface area (Å²) in [7, 11) is -2.86. The van der Waals surface area contributed by atoms with Crippen LogP contribution in [-0.4, -0.2) is 18.1 Å². The highest BCUT2D eigenvalue weighted by Crippen LogP contribution is 2.65. The third kappa shape index (κ3) is 3.52. The van der Waals surface area contributed by atoms with Gasteiger partial charge in [-0.05, 0) is 19.1 Å². The van der Waals surface area contributed by atoms with E-state index in [0.717, 1.165) is 0 Å². The van der Waals surface area contributed by atoms with Gasteiger partial charge in [0, 0.05) is 24.3 Å². The molecule has 0 amide bonds. The first-order valence-electron chi connectivity index (χ1n) is 7.89. The van der Waals surface area contributed by atoms with E-state index < -0.39 is 12.3 Å². The van der Waals surface area contributed by atoms with Gasteiger partial charge in [-0.25, -0.2) is 0 Å². The smallest absolute Gasteiger partial charge is 0.164 e. The minimum absolute atomic E-state index is 0.0529. The molecule has 24 heavy (non-hydrogen) atoms. The van der Waals surface area contributed by atoms with Crippen molar-refractivity contribution in [3.8, 4) is 0 Å². The Balaban J connectivity index is 2.48. The molecule has 0 N–H and O–H groups in total. The van der Waals surface area contributed by atoms with Crippen molar-refractivity contribution in [2.75, 3.05) is 12.3 Å². The first-order valence-corrected chi connectivity index (χ1v) is 9.97. The maximum absolute atomic E-state index is 13.7. The lowest BCUT2D eigenvalue weighted by Gasteiger charge is -2.35. The fraction of sp³-hybridized carbons (Fsp3) is 0.250. The number of ketones is 1. The second kappa shape index (κ2) is 7.63. The summed E-state index contributed by atoms with van der Waals surface area (Å²) in [6.45, 7) is 9.32. The van der Waals surface area contributed by atoms with Crippen molar-refractivity contribution < 1.29 is 13.8 Å². The summed E-state index contributed by atoms with van der Waals surface area (Å²) in [5.41, 5.74) is 0.610. The fourth-order valence-electron chi connectivity index (χ4n) is 2.95. The molecule has 1 aromatic carbocycles. The van der Waals surface area contributed by atoms with Crippen molar-refractivity contribution in [2.24, 2.45) is 0 Å². The van der Waals surface area contributed by atoms with Crippen molar-refractivity contribution in [3.05, 3.63) is 85.4 Å². The first kappa shape index (κ1) is 18.2. The van der Waals surface area contributed by atoms with Crippen LogP contribution in [0.15, 0.2) is 78.5 Å². The molecule has 3 nitrogen and oxygen atoms in total. The van der Waals surface area contributed by atoms with Crippen LogP contribution in [0.3, 0.4) is 0 Å². The van der Waals surface area contributed by atoms with Crippen molar-refractivity contribution >= 4 is 12.9 Å². The maximum atomic E-state index is 13.7. The first-order chi connectivity index (χ1) is 11.5. The molecule has 0 saturated heterocycles. The molecule has 0 aliphatic rings. The topological polar surface area (TPSA) is 47.3 Å². The Hall–Kier alpha value is -2.12. The predicted molar refractivity (Wildman–Crippen MR) is 99.2 cm³/mol. The SMILES string of the molecule is C=CCP(=O)(CC=C)[C@](C)(CC(=O)c1ccccc1)c1ccco1. The number of carbonyl (C=O) groups is 1. The molecule has 1 aromatic heterocycles. The molecule has 0 spiro atoms. The van der Waals surface area contributed by atoms with E-state index in [0.29, 0.717) is 23.6 Å². The third-order valence-corrected chi connectivity index (χ3v) is 8.27. The summed E-state index contributed by atoms with van der Waals surface area (Å²) in [4.78, 5) is 12.8. The second-order valence-electron chi connectivity index (χ2n) is 6.05. The molecule has 0 aliphatic heterocycles. The highest BCUT2D eigenvalue weighted by molar-refractivity contribution is 7.65. The zero-order chi connectivity index (χ0) is 17.6.